The Hall–Kier alpha value is -1.89. The molecule has 7 heteroatoms. The molecular weight excluding hydrogens is 216 g/mol. The summed E-state index contributed by atoms with van der Waals surface area (Å²) in [6, 6.07) is -0.539. The molecule has 0 radical (unpaired) electrons. The van der Waals surface area contributed by atoms with Crippen LogP contribution in [0.3, 0.4) is 0 Å². The summed E-state index contributed by atoms with van der Waals surface area (Å²) in [5, 5.41) is 10.3. The molecule has 0 spiro atoms. The van der Waals surface area contributed by atoms with Crippen molar-refractivity contribution in [3.8, 4) is 0 Å². The van der Waals surface area contributed by atoms with Crippen molar-refractivity contribution in [1.82, 2.24) is 10.2 Å². The molecule has 7 nitrogen and oxygen atoms in total. The minimum atomic E-state index is -1.24. The normalized spacial score (nSPS) is 16.1. The van der Waals surface area contributed by atoms with Crippen molar-refractivity contribution in [2.45, 2.75) is 0 Å². The summed E-state index contributed by atoms with van der Waals surface area (Å²) >= 11 is 0. The second-order valence-electron chi connectivity index (χ2n) is 3.07. The van der Waals surface area contributed by atoms with Crippen molar-refractivity contribution in [3.05, 3.63) is 12.2 Å². The lowest BCUT2D eigenvalue weighted by molar-refractivity contribution is -0.131. The molecule has 0 unspecified atom stereocenters. The van der Waals surface area contributed by atoms with Gasteiger partial charge in [0.15, 0.2) is 0 Å². The van der Waals surface area contributed by atoms with Gasteiger partial charge in [-0.2, -0.15) is 0 Å². The van der Waals surface area contributed by atoms with E-state index in [1.165, 1.54) is 4.90 Å². The molecule has 0 aliphatic carbocycles. The van der Waals surface area contributed by atoms with E-state index < -0.39 is 17.9 Å². The number of urea groups is 1. The van der Waals surface area contributed by atoms with Crippen molar-refractivity contribution < 1.29 is 24.2 Å². The monoisotopic (exact) mass is 228 g/mol. The van der Waals surface area contributed by atoms with Crippen LogP contribution in [0.1, 0.15) is 0 Å². The molecule has 0 aromatic rings. The van der Waals surface area contributed by atoms with Gasteiger partial charge in [-0.25, -0.2) is 9.59 Å². The Morgan fingerprint density at radius 2 is 1.81 bits per heavy atom. The van der Waals surface area contributed by atoms with Crippen LogP contribution in [0.25, 0.3) is 0 Å². The van der Waals surface area contributed by atoms with Gasteiger partial charge in [-0.3, -0.25) is 10.1 Å². The van der Waals surface area contributed by atoms with Crippen molar-refractivity contribution in [2.24, 2.45) is 0 Å². The number of amides is 3. The Morgan fingerprint density at radius 1 is 1.19 bits per heavy atom. The van der Waals surface area contributed by atoms with Crippen LogP contribution in [0.5, 0.6) is 0 Å². The number of carboxylic acid groups (broad SMARTS) is 1. The van der Waals surface area contributed by atoms with Gasteiger partial charge in [0.2, 0.25) is 0 Å². The zero-order valence-corrected chi connectivity index (χ0v) is 8.51. The number of imide groups is 1. The van der Waals surface area contributed by atoms with Gasteiger partial charge in [-0.15, -0.1) is 0 Å². The predicted molar refractivity (Wildman–Crippen MR) is 52.7 cm³/mol. The van der Waals surface area contributed by atoms with Gasteiger partial charge in [-0.05, 0) is 0 Å². The number of nitrogens with zero attached hydrogens (tertiary/aromatic N) is 1. The number of aliphatic carboxylic acids is 1. The summed E-state index contributed by atoms with van der Waals surface area (Å²) in [6.07, 6.45) is 1.46. The molecule has 88 valence electrons. The Bertz CT molecular complexity index is 320. The van der Waals surface area contributed by atoms with E-state index in [0.717, 1.165) is 6.08 Å². The van der Waals surface area contributed by atoms with Crippen LogP contribution in [0, 0.1) is 0 Å². The zero-order chi connectivity index (χ0) is 12.0. The van der Waals surface area contributed by atoms with Crippen LogP contribution < -0.4 is 5.32 Å². The van der Waals surface area contributed by atoms with Crippen molar-refractivity contribution in [2.75, 3.05) is 26.3 Å². The third-order valence-electron chi connectivity index (χ3n) is 1.91. The van der Waals surface area contributed by atoms with Gasteiger partial charge in [-0.1, -0.05) is 0 Å². The third-order valence-corrected chi connectivity index (χ3v) is 1.91. The lowest BCUT2D eigenvalue weighted by Gasteiger charge is -2.26. The summed E-state index contributed by atoms with van der Waals surface area (Å²) in [6.45, 7) is 1.71. The lowest BCUT2D eigenvalue weighted by atomic mass is 10.4. The minimum Gasteiger partial charge on any atom is -0.478 e. The molecule has 0 aromatic carbocycles. The predicted octanol–water partition coefficient (Wildman–Crippen LogP) is -0.804. The van der Waals surface area contributed by atoms with Gasteiger partial charge in [0.1, 0.15) is 0 Å². The van der Waals surface area contributed by atoms with Crippen molar-refractivity contribution >= 4 is 17.9 Å². The fourth-order valence-electron chi connectivity index (χ4n) is 1.14. The fraction of sp³-hybridized carbons (Fsp3) is 0.444. The summed E-state index contributed by atoms with van der Waals surface area (Å²) in [5.74, 6) is -1.99. The first-order valence-corrected chi connectivity index (χ1v) is 4.68. The highest BCUT2D eigenvalue weighted by molar-refractivity contribution is 6.02. The van der Waals surface area contributed by atoms with E-state index in [0.29, 0.717) is 32.4 Å². The first-order chi connectivity index (χ1) is 7.59. The Balaban J connectivity index is 2.38. The summed E-state index contributed by atoms with van der Waals surface area (Å²) < 4.78 is 5.04. The molecule has 1 aliphatic rings. The maximum Gasteiger partial charge on any atom is 0.328 e. The molecule has 2 N–H and O–H groups in total. The Kier molecular flexibility index (Phi) is 4.46. The Morgan fingerprint density at radius 3 is 2.38 bits per heavy atom. The van der Waals surface area contributed by atoms with E-state index in [4.69, 9.17) is 9.84 Å². The van der Waals surface area contributed by atoms with Gasteiger partial charge in [0, 0.05) is 25.2 Å². The standard InChI is InChI=1S/C9H12N2O5/c12-7(1-2-8(13)14)10-9(15)11-3-5-16-6-4-11/h1-2H,3-6H2,(H,13,14)(H,10,12,15)/b2-1-. The number of morpholine rings is 1. The number of carbonyl (C=O) groups excluding carboxylic acids is 2. The first kappa shape index (κ1) is 12.2. The molecule has 0 saturated carbocycles. The van der Waals surface area contributed by atoms with E-state index in [1.807, 2.05) is 5.32 Å². The topological polar surface area (TPSA) is 95.9 Å². The van der Waals surface area contributed by atoms with Crippen LogP contribution in [0.4, 0.5) is 4.79 Å². The van der Waals surface area contributed by atoms with Crippen LogP contribution >= 0.6 is 0 Å². The number of hydrogen-bond donors (Lipinski definition) is 2. The van der Waals surface area contributed by atoms with E-state index in [1.54, 1.807) is 0 Å². The van der Waals surface area contributed by atoms with E-state index in [-0.39, 0.29) is 0 Å². The zero-order valence-electron chi connectivity index (χ0n) is 8.51. The molecule has 0 atom stereocenters. The van der Waals surface area contributed by atoms with Gasteiger partial charge in [0.25, 0.3) is 5.91 Å². The van der Waals surface area contributed by atoms with Crippen molar-refractivity contribution in [3.63, 3.8) is 0 Å². The summed E-state index contributed by atoms with van der Waals surface area (Å²) in [5.41, 5.74) is 0. The molecule has 1 aliphatic heterocycles. The van der Waals surface area contributed by atoms with Crippen LogP contribution in [-0.2, 0) is 14.3 Å². The number of rotatable bonds is 2. The molecular formula is C9H12N2O5. The first-order valence-electron chi connectivity index (χ1n) is 4.68. The molecule has 1 rings (SSSR count). The van der Waals surface area contributed by atoms with E-state index in [2.05, 4.69) is 0 Å². The SMILES string of the molecule is O=C(O)/C=C\C(=O)NC(=O)N1CCOCC1. The van der Waals surface area contributed by atoms with Crippen LogP contribution in [0.2, 0.25) is 0 Å². The van der Waals surface area contributed by atoms with Crippen molar-refractivity contribution in [1.29, 1.82) is 0 Å². The average Bonchev–Trinajstić information content (AvgIpc) is 2.27. The van der Waals surface area contributed by atoms with Crippen LogP contribution in [-0.4, -0.2) is 54.2 Å². The maximum atomic E-state index is 11.4. The second kappa shape index (κ2) is 5.86. The molecule has 0 aromatic heterocycles. The summed E-state index contributed by atoms with van der Waals surface area (Å²) in [7, 11) is 0. The number of hydrogen-bond acceptors (Lipinski definition) is 4. The molecule has 0 bridgehead atoms. The number of carboxylic acids is 1. The minimum absolute atomic E-state index is 0.418. The van der Waals surface area contributed by atoms with Gasteiger partial charge >= 0.3 is 12.0 Å². The Labute approximate surface area is 91.7 Å². The second-order valence-corrected chi connectivity index (χ2v) is 3.07. The molecule has 1 saturated heterocycles. The quantitative estimate of drug-likeness (QED) is 0.603. The van der Waals surface area contributed by atoms with E-state index >= 15 is 0 Å². The number of ether oxygens (including phenoxy) is 1. The fourth-order valence-corrected chi connectivity index (χ4v) is 1.14. The molecule has 1 heterocycles. The molecule has 3 amide bonds. The highest BCUT2D eigenvalue weighted by Gasteiger charge is 2.17. The number of nitrogens with one attached hydrogen (secondary N) is 1. The highest BCUT2D eigenvalue weighted by atomic mass is 16.5. The van der Waals surface area contributed by atoms with E-state index in [9.17, 15) is 14.4 Å². The van der Waals surface area contributed by atoms with Gasteiger partial charge < -0.3 is 14.7 Å². The van der Waals surface area contributed by atoms with Crippen LogP contribution in [0.15, 0.2) is 12.2 Å². The third kappa shape index (κ3) is 4.09. The maximum absolute atomic E-state index is 11.4. The molecule has 1 fully saturated rings. The average molecular weight is 228 g/mol. The largest absolute Gasteiger partial charge is 0.478 e. The van der Waals surface area contributed by atoms with Gasteiger partial charge in [0.05, 0.1) is 13.2 Å². The highest BCUT2D eigenvalue weighted by Crippen LogP contribution is 1.96. The smallest absolute Gasteiger partial charge is 0.328 e. The molecule has 16 heavy (non-hydrogen) atoms. The lowest BCUT2D eigenvalue weighted by Crippen LogP contribution is -2.47. The summed E-state index contributed by atoms with van der Waals surface area (Å²) in [4.78, 5) is 34.0. The number of carbonyl (C=O) groups is 3.